The molecule has 2 heterocycles. The van der Waals surface area contributed by atoms with E-state index in [-0.39, 0.29) is 17.2 Å². The van der Waals surface area contributed by atoms with Crippen LogP contribution in [0.1, 0.15) is 12.1 Å². The summed E-state index contributed by atoms with van der Waals surface area (Å²) in [7, 11) is 0. The third-order valence-electron chi connectivity index (χ3n) is 2.43. The van der Waals surface area contributed by atoms with E-state index < -0.39 is 0 Å². The van der Waals surface area contributed by atoms with E-state index in [4.69, 9.17) is 17.3 Å². The van der Waals surface area contributed by atoms with Crippen LogP contribution in [0.3, 0.4) is 0 Å². The number of hydrogen-bond acceptors (Lipinski definition) is 5. The first kappa shape index (κ1) is 10.9. The van der Waals surface area contributed by atoms with Crippen molar-refractivity contribution >= 4 is 29.0 Å². The molecule has 7 heteroatoms. The molecular weight excluding hydrogens is 230 g/mol. The zero-order valence-electron chi connectivity index (χ0n) is 8.75. The van der Waals surface area contributed by atoms with Crippen molar-refractivity contribution in [2.45, 2.75) is 19.4 Å². The Labute approximate surface area is 97.6 Å². The molecule has 1 aliphatic rings. The second-order valence-electron chi connectivity index (χ2n) is 3.69. The molecule has 1 fully saturated rings. The van der Waals surface area contributed by atoms with Crippen molar-refractivity contribution in [2.75, 3.05) is 17.6 Å². The molecule has 1 aliphatic heterocycles. The number of nitrogens with one attached hydrogen (secondary N) is 2. The number of halogens is 1. The average Bonchev–Trinajstić information content (AvgIpc) is 2.60. The summed E-state index contributed by atoms with van der Waals surface area (Å²) in [6, 6.07) is 0.000154. The predicted molar refractivity (Wildman–Crippen MR) is 61.2 cm³/mol. The summed E-state index contributed by atoms with van der Waals surface area (Å²) in [5, 5.41) is 5.94. The molecule has 0 bridgehead atoms. The smallest absolute Gasteiger partial charge is 0.224 e. The third kappa shape index (κ3) is 2.16. The van der Waals surface area contributed by atoms with Crippen LogP contribution in [0.4, 0.5) is 11.5 Å². The molecule has 0 aromatic carbocycles. The normalized spacial score (nSPS) is 19.6. The van der Waals surface area contributed by atoms with E-state index in [2.05, 4.69) is 20.6 Å². The lowest BCUT2D eigenvalue weighted by Crippen LogP contribution is -2.23. The molecule has 0 aliphatic carbocycles. The van der Waals surface area contributed by atoms with Crippen LogP contribution in [0.2, 0.25) is 5.28 Å². The number of rotatable bonds is 2. The minimum absolute atomic E-state index is 0.000154. The molecule has 1 amide bonds. The third-order valence-corrected chi connectivity index (χ3v) is 2.60. The van der Waals surface area contributed by atoms with Crippen LogP contribution >= 0.6 is 11.6 Å². The van der Waals surface area contributed by atoms with Crippen molar-refractivity contribution in [2.24, 2.45) is 0 Å². The Balaban J connectivity index is 2.18. The van der Waals surface area contributed by atoms with Gasteiger partial charge in [-0.05, 0) is 18.5 Å². The van der Waals surface area contributed by atoms with E-state index >= 15 is 0 Å². The van der Waals surface area contributed by atoms with Gasteiger partial charge in [-0.1, -0.05) is 0 Å². The molecule has 0 radical (unpaired) electrons. The van der Waals surface area contributed by atoms with E-state index in [9.17, 15) is 4.79 Å². The van der Waals surface area contributed by atoms with Crippen LogP contribution in [0.15, 0.2) is 0 Å². The number of carbonyl (C=O) groups is 1. The summed E-state index contributed by atoms with van der Waals surface area (Å²) in [5.41, 5.74) is 6.90. The standard InChI is InChI=1S/C9H12ClN5O/c1-4-7(11)8(15-9(10)13-4)14-5-2-6(16)12-3-5/h5H,2-3,11H2,1H3,(H,12,16)(H,13,14,15). The summed E-state index contributed by atoms with van der Waals surface area (Å²) in [6.45, 7) is 2.32. The summed E-state index contributed by atoms with van der Waals surface area (Å²) >= 11 is 5.74. The van der Waals surface area contributed by atoms with Gasteiger partial charge in [0.25, 0.3) is 0 Å². The molecule has 86 valence electrons. The molecule has 4 N–H and O–H groups in total. The number of nitrogens with two attached hydrogens (primary N) is 1. The van der Waals surface area contributed by atoms with Gasteiger partial charge in [-0.25, -0.2) is 4.98 Å². The van der Waals surface area contributed by atoms with E-state index in [1.54, 1.807) is 6.92 Å². The van der Waals surface area contributed by atoms with Gasteiger partial charge < -0.3 is 16.4 Å². The number of nitrogens with zero attached hydrogens (tertiary/aromatic N) is 2. The highest BCUT2D eigenvalue weighted by Crippen LogP contribution is 2.22. The van der Waals surface area contributed by atoms with Crippen LogP contribution in [0.25, 0.3) is 0 Å². The number of nitrogen functional groups attached to an aromatic ring is 1. The second kappa shape index (κ2) is 4.13. The van der Waals surface area contributed by atoms with Crippen LogP contribution in [0, 0.1) is 6.92 Å². The molecule has 2 rings (SSSR count). The summed E-state index contributed by atoms with van der Waals surface area (Å²) in [6.07, 6.45) is 0.417. The van der Waals surface area contributed by atoms with Crippen molar-refractivity contribution in [1.29, 1.82) is 0 Å². The van der Waals surface area contributed by atoms with Gasteiger partial charge >= 0.3 is 0 Å². The highest BCUT2D eigenvalue weighted by Gasteiger charge is 2.22. The molecular formula is C9H12ClN5O. The minimum atomic E-state index is 0.000154. The first-order valence-corrected chi connectivity index (χ1v) is 5.27. The van der Waals surface area contributed by atoms with Gasteiger partial charge in [0.2, 0.25) is 11.2 Å². The second-order valence-corrected chi connectivity index (χ2v) is 4.03. The highest BCUT2D eigenvalue weighted by atomic mass is 35.5. The summed E-state index contributed by atoms with van der Waals surface area (Å²) in [5.74, 6) is 0.506. The minimum Gasteiger partial charge on any atom is -0.394 e. The van der Waals surface area contributed by atoms with E-state index in [0.29, 0.717) is 30.2 Å². The van der Waals surface area contributed by atoms with Crippen LogP contribution in [-0.4, -0.2) is 28.5 Å². The van der Waals surface area contributed by atoms with E-state index in [1.165, 1.54) is 0 Å². The number of hydrogen-bond donors (Lipinski definition) is 3. The molecule has 16 heavy (non-hydrogen) atoms. The molecule has 0 saturated carbocycles. The van der Waals surface area contributed by atoms with Gasteiger partial charge in [-0.3, -0.25) is 4.79 Å². The number of anilines is 2. The maximum atomic E-state index is 11.0. The first-order valence-electron chi connectivity index (χ1n) is 4.89. The Bertz CT molecular complexity index is 436. The van der Waals surface area contributed by atoms with Gasteiger partial charge in [0.15, 0.2) is 5.82 Å². The average molecular weight is 242 g/mol. The predicted octanol–water partition coefficient (Wildman–Crippen LogP) is 0.321. The largest absolute Gasteiger partial charge is 0.394 e. The van der Waals surface area contributed by atoms with Gasteiger partial charge in [0.1, 0.15) is 0 Å². The Morgan fingerprint density at radius 2 is 2.31 bits per heavy atom. The topological polar surface area (TPSA) is 92.9 Å². The van der Waals surface area contributed by atoms with E-state index in [1.807, 2.05) is 0 Å². The fourth-order valence-corrected chi connectivity index (χ4v) is 1.77. The lowest BCUT2D eigenvalue weighted by molar-refractivity contribution is -0.119. The van der Waals surface area contributed by atoms with E-state index in [0.717, 1.165) is 0 Å². The zero-order valence-corrected chi connectivity index (χ0v) is 9.51. The Kier molecular flexibility index (Phi) is 2.82. The van der Waals surface area contributed by atoms with Crippen molar-refractivity contribution < 1.29 is 4.79 Å². The zero-order chi connectivity index (χ0) is 11.7. The van der Waals surface area contributed by atoms with Crippen molar-refractivity contribution in [3.05, 3.63) is 11.0 Å². The molecule has 1 aromatic rings. The molecule has 1 saturated heterocycles. The SMILES string of the molecule is Cc1nc(Cl)nc(NC2CNC(=O)C2)c1N. The van der Waals surface area contributed by atoms with Gasteiger partial charge in [0, 0.05) is 13.0 Å². The Morgan fingerprint density at radius 1 is 1.56 bits per heavy atom. The van der Waals surface area contributed by atoms with Gasteiger partial charge in [-0.2, -0.15) is 4.98 Å². The lowest BCUT2D eigenvalue weighted by Gasteiger charge is -2.14. The summed E-state index contributed by atoms with van der Waals surface area (Å²) in [4.78, 5) is 19.0. The van der Waals surface area contributed by atoms with Crippen molar-refractivity contribution in [1.82, 2.24) is 15.3 Å². The Morgan fingerprint density at radius 3 is 2.94 bits per heavy atom. The maximum Gasteiger partial charge on any atom is 0.224 e. The maximum absolute atomic E-state index is 11.0. The molecule has 6 nitrogen and oxygen atoms in total. The molecule has 0 spiro atoms. The molecule has 1 unspecified atom stereocenters. The summed E-state index contributed by atoms with van der Waals surface area (Å²) < 4.78 is 0. The monoisotopic (exact) mass is 241 g/mol. The fraction of sp³-hybridized carbons (Fsp3) is 0.444. The molecule has 1 atom stereocenters. The quantitative estimate of drug-likeness (QED) is 0.649. The number of amides is 1. The Hall–Kier alpha value is -1.56. The van der Waals surface area contributed by atoms with Crippen molar-refractivity contribution in [3.8, 4) is 0 Å². The highest BCUT2D eigenvalue weighted by molar-refractivity contribution is 6.28. The first-order chi connectivity index (χ1) is 7.56. The van der Waals surface area contributed by atoms with Crippen LogP contribution in [0.5, 0.6) is 0 Å². The fourth-order valence-electron chi connectivity index (χ4n) is 1.56. The van der Waals surface area contributed by atoms with Gasteiger partial charge in [-0.15, -0.1) is 0 Å². The van der Waals surface area contributed by atoms with Gasteiger partial charge in [0.05, 0.1) is 17.4 Å². The molecule has 1 aromatic heterocycles. The number of aryl methyl sites for hydroxylation is 1. The van der Waals surface area contributed by atoms with Crippen molar-refractivity contribution in [3.63, 3.8) is 0 Å². The van der Waals surface area contributed by atoms with Crippen LogP contribution in [-0.2, 0) is 4.79 Å². The van der Waals surface area contributed by atoms with Crippen LogP contribution < -0.4 is 16.4 Å². The lowest BCUT2D eigenvalue weighted by atomic mass is 10.2. The number of aromatic nitrogens is 2. The number of carbonyl (C=O) groups excluding carboxylic acids is 1.